The molecule has 1 saturated heterocycles. The van der Waals surface area contributed by atoms with Crippen molar-refractivity contribution < 1.29 is 19.4 Å². The third kappa shape index (κ3) is 2.29. The molecule has 1 fully saturated rings. The number of benzene rings is 1. The lowest BCUT2D eigenvalue weighted by molar-refractivity contribution is -0.174. The van der Waals surface area contributed by atoms with E-state index in [1.165, 1.54) is 4.90 Å². The van der Waals surface area contributed by atoms with Crippen LogP contribution in [0.5, 0.6) is 0 Å². The summed E-state index contributed by atoms with van der Waals surface area (Å²) >= 11 is 2.03. The molecule has 1 amide bonds. The van der Waals surface area contributed by atoms with E-state index in [4.69, 9.17) is 4.74 Å². The molecular weight excluding hydrogens is 399 g/mol. The molecule has 114 valence electrons. The number of hydrogen-bond acceptors (Lipinski definition) is 4. The van der Waals surface area contributed by atoms with Gasteiger partial charge < -0.3 is 9.84 Å². The quantitative estimate of drug-likeness (QED) is 0.344. The summed E-state index contributed by atoms with van der Waals surface area (Å²) in [5, 5.41) is 9.38. The molecule has 2 unspecified atom stereocenters. The van der Waals surface area contributed by atoms with Crippen LogP contribution in [0.4, 0.5) is 0 Å². The smallest absolute Gasteiger partial charge is 0.330 e. The highest BCUT2D eigenvalue weighted by Crippen LogP contribution is 2.35. The fourth-order valence-corrected chi connectivity index (χ4v) is 2.96. The number of carboxylic acids is 1. The molecule has 0 bridgehead atoms. The van der Waals surface area contributed by atoms with E-state index < -0.39 is 24.3 Å². The van der Waals surface area contributed by atoms with E-state index in [9.17, 15) is 14.7 Å². The molecule has 3 atom stereocenters. The molecule has 6 nitrogen and oxygen atoms in total. The van der Waals surface area contributed by atoms with Gasteiger partial charge >= 0.3 is 5.97 Å². The van der Waals surface area contributed by atoms with Crippen molar-refractivity contribution in [1.82, 2.24) is 4.90 Å². The maximum atomic E-state index is 12.2. The number of carbonyl (C=O) groups excluding carboxylic acids is 1. The average Bonchev–Trinajstić information content (AvgIpc) is 2.92. The number of carboxylic acid groups (broad SMARTS) is 1. The van der Waals surface area contributed by atoms with Crippen LogP contribution in [-0.4, -0.2) is 50.5 Å². The zero-order chi connectivity index (χ0) is 15.9. The maximum Gasteiger partial charge on any atom is 0.330 e. The number of aliphatic carboxylic acids is 1. The second kappa shape index (κ2) is 5.71. The number of likely N-dealkylation sites (tertiary alicyclic amines) is 1. The van der Waals surface area contributed by atoms with Crippen molar-refractivity contribution in [2.45, 2.75) is 18.3 Å². The minimum absolute atomic E-state index is 0.339. The second-order valence-corrected chi connectivity index (χ2v) is 5.79. The van der Waals surface area contributed by atoms with Gasteiger partial charge in [0.05, 0.1) is 0 Å². The van der Waals surface area contributed by atoms with Crippen LogP contribution in [0.2, 0.25) is 0 Å². The molecule has 0 radical (unpaired) electrons. The van der Waals surface area contributed by atoms with E-state index in [-0.39, 0.29) is 5.91 Å². The van der Waals surface area contributed by atoms with Crippen LogP contribution < -0.4 is 0 Å². The summed E-state index contributed by atoms with van der Waals surface area (Å²) in [4.78, 5) is 29.2. The minimum atomic E-state index is -1.11. The van der Waals surface area contributed by atoms with E-state index in [1.807, 2.05) is 52.9 Å². The summed E-state index contributed by atoms with van der Waals surface area (Å²) in [7, 11) is 0. The van der Waals surface area contributed by atoms with E-state index in [0.29, 0.717) is 15.9 Å². The zero-order valence-corrected chi connectivity index (χ0v) is 13.6. The second-order valence-electron chi connectivity index (χ2n) is 5.03. The van der Waals surface area contributed by atoms with Crippen LogP contribution >= 0.6 is 22.6 Å². The first-order chi connectivity index (χ1) is 10.5. The van der Waals surface area contributed by atoms with Gasteiger partial charge in [-0.15, -0.1) is 0 Å². The number of aliphatic imine (C=N–C) groups is 1. The molecule has 2 aliphatic heterocycles. The first-order valence-electron chi connectivity index (χ1n) is 6.63. The fraction of sp³-hybridized carbons (Fsp3) is 0.267. The summed E-state index contributed by atoms with van der Waals surface area (Å²) in [6.07, 6.45) is -0.663. The molecule has 2 heterocycles. The molecule has 1 N–H and O–H groups in total. The third-order valence-corrected chi connectivity index (χ3v) is 4.61. The molecule has 0 spiro atoms. The van der Waals surface area contributed by atoms with Crippen LogP contribution in [-0.2, 0) is 14.3 Å². The Morgan fingerprint density at radius 1 is 1.45 bits per heavy atom. The standard InChI is InChI=1S/C15H13IN2O4/c1-8(7-16)11(15(20)21)18-13(19)10-14(18)22-12(17-10)9-5-3-2-4-6-9/h2-6,10-11,14H,1,7H2,(H,20,21)/t10?,11-,14?/m1/s1. The topological polar surface area (TPSA) is 79.2 Å². The Balaban J connectivity index is 1.83. The van der Waals surface area contributed by atoms with Gasteiger partial charge in [-0.1, -0.05) is 47.4 Å². The molecule has 22 heavy (non-hydrogen) atoms. The SMILES string of the molecule is C=C(CI)[C@H](C(=O)O)N1C(=O)C2N=C(c3ccccc3)OC21. The number of alkyl halides is 1. The van der Waals surface area contributed by atoms with Gasteiger partial charge in [-0.3, -0.25) is 9.69 Å². The lowest BCUT2D eigenvalue weighted by Gasteiger charge is -2.43. The number of ether oxygens (including phenoxy) is 1. The fourth-order valence-electron chi connectivity index (χ4n) is 2.54. The summed E-state index contributed by atoms with van der Waals surface area (Å²) in [5.41, 5.74) is 1.22. The summed E-state index contributed by atoms with van der Waals surface area (Å²) in [6, 6.07) is 7.50. The molecule has 0 saturated carbocycles. The molecule has 2 aliphatic rings. The van der Waals surface area contributed by atoms with Crippen LogP contribution in [0.25, 0.3) is 0 Å². The molecule has 0 aromatic heterocycles. The maximum absolute atomic E-state index is 12.2. The van der Waals surface area contributed by atoms with Crippen LogP contribution in [0.1, 0.15) is 5.56 Å². The van der Waals surface area contributed by atoms with Gasteiger partial charge in [0.1, 0.15) is 0 Å². The van der Waals surface area contributed by atoms with Crippen LogP contribution in [0.3, 0.4) is 0 Å². The van der Waals surface area contributed by atoms with Crippen LogP contribution in [0, 0.1) is 0 Å². The highest BCUT2D eigenvalue weighted by Gasteiger charge is 2.58. The van der Waals surface area contributed by atoms with Gasteiger partial charge in [0, 0.05) is 9.99 Å². The molecule has 1 aromatic carbocycles. The molecular formula is C15H13IN2O4. The Hall–Kier alpha value is -1.90. The average molecular weight is 412 g/mol. The number of β-lactam (4-membered cyclic amide) rings is 1. The van der Waals surface area contributed by atoms with Gasteiger partial charge in [0.25, 0.3) is 5.91 Å². The number of amides is 1. The van der Waals surface area contributed by atoms with E-state index in [1.54, 1.807) is 0 Å². The third-order valence-electron chi connectivity index (χ3n) is 3.63. The Bertz CT molecular complexity index is 673. The monoisotopic (exact) mass is 412 g/mol. The molecule has 3 rings (SSSR count). The van der Waals surface area contributed by atoms with Crippen molar-refractivity contribution >= 4 is 40.4 Å². The Kier molecular flexibility index (Phi) is 3.90. The lowest BCUT2D eigenvalue weighted by Crippen LogP contribution is -2.68. The normalized spacial score (nSPS) is 24.0. The summed E-state index contributed by atoms with van der Waals surface area (Å²) in [5.74, 6) is -1.07. The van der Waals surface area contributed by atoms with Gasteiger partial charge in [-0.2, -0.15) is 0 Å². The van der Waals surface area contributed by atoms with E-state index in [0.717, 1.165) is 5.56 Å². The number of nitrogens with zero attached hydrogens (tertiary/aromatic N) is 2. The van der Waals surface area contributed by atoms with Crippen molar-refractivity contribution in [2.24, 2.45) is 4.99 Å². The van der Waals surface area contributed by atoms with E-state index >= 15 is 0 Å². The minimum Gasteiger partial charge on any atom is -0.479 e. The van der Waals surface area contributed by atoms with Crippen molar-refractivity contribution in [1.29, 1.82) is 0 Å². The number of rotatable bonds is 5. The number of halogens is 1. The molecule has 7 heteroatoms. The van der Waals surface area contributed by atoms with Gasteiger partial charge in [0.15, 0.2) is 12.1 Å². The van der Waals surface area contributed by atoms with Gasteiger partial charge in [-0.05, 0) is 17.7 Å². The lowest BCUT2D eigenvalue weighted by atomic mass is 9.98. The summed E-state index contributed by atoms with van der Waals surface area (Å²) in [6.45, 7) is 3.75. The number of hydrogen-bond donors (Lipinski definition) is 1. The highest BCUT2D eigenvalue weighted by molar-refractivity contribution is 14.1. The Morgan fingerprint density at radius 3 is 2.73 bits per heavy atom. The first kappa shape index (κ1) is 15.0. The number of fused-ring (bicyclic) bond motifs is 1. The van der Waals surface area contributed by atoms with Crippen molar-refractivity contribution in [2.75, 3.05) is 4.43 Å². The molecule has 1 aromatic rings. The predicted octanol–water partition coefficient (Wildman–Crippen LogP) is 1.44. The van der Waals surface area contributed by atoms with Crippen molar-refractivity contribution in [3.05, 3.63) is 48.0 Å². The largest absolute Gasteiger partial charge is 0.479 e. The number of carbonyl (C=O) groups is 2. The Labute approximate surface area is 140 Å². The van der Waals surface area contributed by atoms with Crippen LogP contribution in [0.15, 0.2) is 47.5 Å². The summed E-state index contributed by atoms with van der Waals surface area (Å²) < 4.78 is 6.15. The van der Waals surface area contributed by atoms with Crippen molar-refractivity contribution in [3.63, 3.8) is 0 Å². The predicted molar refractivity (Wildman–Crippen MR) is 87.9 cm³/mol. The highest BCUT2D eigenvalue weighted by atomic mass is 127. The van der Waals surface area contributed by atoms with Gasteiger partial charge in [0.2, 0.25) is 12.1 Å². The van der Waals surface area contributed by atoms with Gasteiger partial charge in [-0.25, -0.2) is 9.79 Å². The Morgan fingerprint density at radius 2 is 2.14 bits per heavy atom. The first-order valence-corrected chi connectivity index (χ1v) is 8.15. The van der Waals surface area contributed by atoms with E-state index in [2.05, 4.69) is 11.6 Å². The molecule has 0 aliphatic carbocycles. The van der Waals surface area contributed by atoms with Crippen molar-refractivity contribution in [3.8, 4) is 0 Å². The zero-order valence-electron chi connectivity index (χ0n) is 11.5.